The van der Waals surface area contributed by atoms with E-state index in [9.17, 15) is 0 Å². The Hall–Kier alpha value is 0.708. The Balaban J connectivity index is 4.41. The first-order valence-corrected chi connectivity index (χ1v) is 18.6. The third-order valence-electron chi connectivity index (χ3n) is 2.34. The predicted octanol–water partition coefficient (Wildman–Crippen LogP) is 2.98. The van der Waals surface area contributed by atoms with Crippen LogP contribution in [0.25, 0.3) is 0 Å². The Morgan fingerprint density at radius 3 is 1.84 bits per heavy atom. The molecule has 0 aromatic carbocycles. The summed E-state index contributed by atoms with van der Waals surface area (Å²) in [4.78, 5) is 0. The molecule has 2 N–H and O–H groups in total. The smallest absolute Gasteiger partial charge is 0.312 e. The van der Waals surface area contributed by atoms with E-state index in [2.05, 4.69) is 52.4 Å². The second-order valence-electron chi connectivity index (χ2n) is 6.98. The van der Waals surface area contributed by atoms with Gasteiger partial charge in [-0.15, -0.1) is 0 Å². The second-order valence-corrected chi connectivity index (χ2v) is 21.6. The SMILES string of the molecule is C[SiH](CCCN)O[Si](C)(C)O[Si](C)(C)O[Si](C)(C)C. The van der Waals surface area contributed by atoms with Crippen LogP contribution < -0.4 is 5.73 Å². The first-order valence-electron chi connectivity index (χ1n) is 7.15. The molecule has 0 rings (SSSR count). The topological polar surface area (TPSA) is 53.7 Å². The maximum Gasteiger partial charge on any atom is 0.312 e. The van der Waals surface area contributed by atoms with Crippen LogP contribution >= 0.6 is 0 Å². The highest BCUT2D eigenvalue weighted by Gasteiger charge is 2.39. The fraction of sp³-hybridized carbons (Fsp3) is 1.00. The highest BCUT2D eigenvalue weighted by molar-refractivity contribution is 6.87. The quantitative estimate of drug-likeness (QED) is 0.656. The van der Waals surface area contributed by atoms with Crippen molar-refractivity contribution in [2.75, 3.05) is 6.54 Å². The summed E-state index contributed by atoms with van der Waals surface area (Å²) in [5, 5.41) is 0. The Bertz CT molecular complexity index is 269. The molecule has 0 aliphatic heterocycles. The fourth-order valence-corrected chi connectivity index (χ4v) is 19.3. The van der Waals surface area contributed by atoms with Gasteiger partial charge in [0.15, 0.2) is 17.4 Å². The maximum absolute atomic E-state index is 6.32. The van der Waals surface area contributed by atoms with E-state index in [0.29, 0.717) is 0 Å². The molecule has 0 aliphatic carbocycles. The molecule has 0 bridgehead atoms. The minimum atomic E-state index is -2.08. The van der Waals surface area contributed by atoms with E-state index in [0.717, 1.165) is 19.0 Å². The molecule has 0 heterocycles. The third-order valence-corrected chi connectivity index (χ3v) is 15.8. The summed E-state index contributed by atoms with van der Waals surface area (Å²) >= 11 is 0. The minimum absolute atomic E-state index is 0.752. The van der Waals surface area contributed by atoms with Gasteiger partial charge in [-0.3, -0.25) is 0 Å². The average Bonchev–Trinajstić information content (AvgIpc) is 2.06. The molecule has 116 valence electrons. The number of nitrogens with two attached hydrogens (primary N) is 1. The Morgan fingerprint density at radius 1 is 0.895 bits per heavy atom. The van der Waals surface area contributed by atoms with Gasteiger partial charge in [0.05, 0.1) is 0 Å². The van der Waals surface area contributed by atoms with Crippen LogP contribution in [0.2, 0.25) is 58.4 Å². The van der Waals surface area contributed by atoms with E-state index < -0.39 is 34.5 Å². The van der Waals surface area contributed by atoms with Crippen molar-refractivity contribution in [3.8, 4) is 0 Å². The largest absolute Gasteiger partial charge is 0.439 e. The zero-order chi connectivity index (χ0) is 15.3. The Kier molecular flexibility index (Phi) is 7.93. The van der Waals surface area contributed by atoms with Gasteiger partial charge >= 0.3 is 17.1 Å². The number of rotatable bonds is 9. The van der Waals surface area contributed by atoms with Crippen molar-refractivity contribution in [2.45, 2.75) is 64.8 Å². The zero-order valence-electron chi connectivity index (χ0n) is 14.0. The normalized spacial score (nSPS) is 15.6. The van der Waals surface area contributed by atoms with Crippen LogP contribution in [0.3, 0.4) is 0 Å². The van der Waals surface area contributed by atoms with Crippen LogP contribution in [-0.4, -0.2) is 41.0 Å². The van der Waals surface area contributed by atoms with Gasteiger partial charge in [0, 0.05) is 0 Å². The standard InChI is InChI=1S/C11H33NO3Si4/c1-16(11-9-10-12)13-18(5,6)15-19(7,8)14-17(2,3)4/h16H,9-12H2,1-8H3. The van der Waals surface area contributed by atoms with Gasteiger partial charge in [-0.25, -0.2) is 0 Å². The van der Waals surface area contributed by atoms with Gasteiger partial charge in [-0.05, 0) is 71.4 Å². The van der Waals surface area contributed by atoms with Crippen LogP contribution in [0.4, 0.5) is 0 Å². The molecule has 1 unspecified atom stereocenters. The summed E-state index contributed by atoms with van der Waals surface area (Å²) in [6.07, 6.45) is 1.06. The monoisotopic (exact) mass is 339 g/mol. The zero-order valence-corrected chi connectivity index (χ0v) is 18.2. The summed E-state index contributed by atoms with van der Waals surface area (Å²) in [5.74, 6) is 0. The van der Waals surface area contributed by atoms with Crippen molar-refractivity contribution in [2.24, 2.45) is 5.73 Å². The lowest BCUT2D eigenvalue weighted by Gasteiger charge is -2.38. The van der Waals surface area contributed by atoms with Gasteiger partial charge in [0.2, 0.25) is 0 Å². The summed E-state index contributed by atoms with van der Waals surface area (Å²) < 4.78 is 18.8. The molecular weight excluding hydrogens is 306 g/mol. The lowest BCUT2D eigenvalue weighted by molar-refractivity contribution is 0.334. The first kappa shape index (κ1) is 19.7. The minimum Gasteiger partial charge on any atom is -0.439 e. The van der Waals surface area contributed by atoms with Crippen molar-refractivity contribution in [1.82, 2.24) is 0 Å². The molecule has 19 heavy (non-hydrogen) atoms. The van der Waals surface area contributed by atoms with E-state index in [1.165, 1.54) is 0 Å². The third kappa shape index (κ3) is 11.1. The summed E-state index contributed by atoms with van der Waals surface area (Å²) in [7, 11) is -6.86. The van der Waals surface area contributed by atoms with Crippen LogP contribution in [0.15, 0.2) is 0 Å². The Labute approximate surface area is 124 Å². The fourth-order valence-electron chi connectivity index (χ4n) is 2.32. The molecule has 1 atom stereocenters. The number of hydrogen-bond donors (Lipinski definition) is 1. The van der Waals surface area contributed by atoms with Crippen molar-refractivity contribution in [3.05, 3.63) is 0 Å². The van der Waals surface area contributed by atoms with Crippen LogP contribution in [0.1, 0.15) is 6.42 Å². The molecule has 0 fully saturated rings. The molecule has 0 aromatic rings. The molecule has 0 aromatic heterocycles. The summed E-state index contributed by atoms with van der Waals surface area (Å²) in [6.45, 7) is 18.2. The second kappa shape index (κ2) is 7.64. The van der Waals surface area contributed by atoms with Crippen LogP contribution in [0, 0.1) is 0 Å². The molecule has 4 nitrogen and oxygen atoms in total. The molecule has 0 aliphatic rings. The lowest BCUT2D eigenvalue weighted by atomic mass is 10.5. The average molecular weight is 340 g/mol. The van der Waals surface area contributed by atoms with E-state index in [4.69, 9.17) is 18.1 Å². The van der Waals surface area contributed by atoms with Gasteiger partial charge in [0.25, 0.3) is 0 Å². The highest BCUT2D eigenvalue weighted by Crippen LogP contribution is 2.22. The maximum atomic E-state index is 6.32. The molecular formula is C11H33NO3Si4. The molecule has 0 radical (unpaired) electrons. The van der Waals surface area contributed by atoms with E-state index in [1.54, 1.807) is 0 Å². The molecule has 0 spiro atoms. The lowest BCUT2D eigenvalue weighted by Crippen LogP contribution is -2.53. The van der Waals surface area contributed by atoms with Gasteiger partial charge < -0.3 is 18.1 Å². The highest BCUT2D eigenvalue weighted by atomic mass is 28.5. The van der Waals surface area contributed by atoms with Crippen molar-refractivity contribution >= 4 is 34.5 Å². The van der Waals surface area contributed by atoms with E-state index in [1.807, 2.05) is 0 Å². The molecule has 0 saturated heterocycles. The first-order chi connectivity index (χ1) is 8.37. The van der Waals surface area contributed by atoms with Crippen LogP contribution in [0.5, 0.6) is 0 Å². The summed E-state index contributed by atoms with van der Waals surface area (Å²) in [6, 6.07) is 1.13. The van der Waals surface area contributed by atoms with Gasteiger partial charge in [-0.2, -0.15) is 0 Å². The molecule has 8 heteroatoms. The van der Waals surface area contributed by atoms with Crippen molar-refractivity contribution < 1.29 is 12.3 Å². The van der Waals surface area contributed by atoms with Crippen LogP contribution in [-0.2, 0) is 12.3 Å². The Morgan fingerprint density at radius 2 is 1.42 bits per heavy atom. The van der Waals surface area contributed by atoms with Gasteiger partial charge in [-0.1, -0.05) is 0 Å². The van der Waals surface area contributed by atoms with E-state index in [-0.39, 0.29) is 0 Å². The van der Waals surface area contributed by atoms with Crippen molar-refractivity contribution in [3.63, 3.8) is 0 Å². The van der Waals surface area contributed by atoms with Crippen molar-refractivity contribution in [1.29, 1.82) is 0 Å². The number of hydrogen-bond acceptors (Lipinski definition) is 4. The summed E-state index contributed by atoms with van der Waals surface area (Å²) in [5.41, 5.74) is 5.55. The van der Waals surface area contributed by atoms with E-state index >= 15 is 0 Å². The van der Waals surface area contributed by atoms with Gasteiger partial charge in [0.1, 0.15) is 0 Å². The molecule has 0 saturated carbocycles. The predicted molar refractivity (Wildman–Crippen MR) is 93.1 cm³/mol. The molecule has 0 amide bonds.